The zero-order valence-corrected chi connectivity index (χ0v) is 12.2. The van der Waals surface area contributed by atoms with Gasteiger partial charge in [0.15, 0.2) is 5.65 Å². The van der Waals surface area contributed by atoms with E-state index in [4.69, 9.17) is 0 Å². The summed E-state index contributed by atoms with van der Waals surface area (Å²) in [6.07, 6.45) is 1.62. The summed E-state index contributed by atoms with van der Waals surface area (Å²) >= 11 is 0. The summed E-state index contributed by atoms with van der Waals surface area (Å²) in [5.41, 5.74) is 5.07. The Balaban J connectivity index is 1.95. The van der Waals surface area contributed by atoms with Crippen molar-refractivity contribution in [3.8, 4) is 0 Å². The molecule has 1 amide bonds. The van der Waals surface area contributed by atoms with E-state index in [1.54, 1.807) is 16.8 Å². The van der Waals surface area contributed by atoms with Crippen molar-refractivity contribution in [1.82, 2.24) is 14.6 Å². The Labute approximate surface area is 122 Å². The fourth-order valence-electron chi connectivity index (χ4n) is 2.20. The highest BCUT2D eigenvalue weighted by Crippen LogP contribution is 2.15. The third kappa shape index (κ3) is 2.50. The van der Waals surface area contributed by atoms with Crippen LogP contribution >= 0.6 is 0 Å². The van der Waals surface area contributed by atoms with Gasteiger partial charge in [-0.3, -0.25) is 4.79 Å². The number of rotatable bonds is 2. The quantitative estimate of drug-likeness (QED) is 0.785. The molecule has 5 nitrogen and oxygen atoms in total. The lowest BCUT2D eigenvalue weighted by Crippen LogP contribution is -2.17. The Morgan fingerprint density at radius 1 is 1.10 bits per heavy atom. The van der Waals surface area contributed by atoms with Gasteiger partial charge in [-0.2, -0.15) is 5.10 Å². The van der Waals surface area contributed by atoms with Gasteiger partial charge in [0, 0.05) is 18.0 Å². The number of nitrogens with one attached hydrogen (secondary N) is 1. The maximum Gasteiger partial charge on any atom is 0.274 e. The molecule has 0 spiro atoms. The molecule has 0 radical (unpaired) electrons. The fourth-order valence-corrected chi connectivity index (χ4v) is 2.20. The molecule has 0 atom stereocenters. The summed E-state index contributed by atoms with van der Waals surface area (Å²) in [6, 6.07) is 9.35. The lowest BCUT2D eigenvalue weighted by atomic mass is 10.1. The van der Waals surface area contributed by atoms with E-state index in [2.05, 4.69) is 15.4 Å². The topological polar surface area (TPSA) is 59.3 Å². The van der Waals surface area contributed by atoms with Crippen LogP contribution in [0.3, 0.4) is 0 Å². The molecule has 2 heterocycles. The second kappa shape index (κ2) is 5.01. The van der Waals surface area contributed by atoms with E-state index in [1.165, 1.54) is 5.56 Å². The van der Waals surface area contributed by atoms with Crippen LogP contribution in [0.2, 0.25) is 0 Å². The zero-order valence-electron chi connectivity index (χ0n) is 12.2. The lowest BCUT2D eigenvalue weighted by molar-refractivity contribution is 0.102. The second-order valence-corrected chi connectivity index (χ2v) is 5.14. The standard InChI is InChI=1S/C16H16N4O/c1-10-4-5-13(8-11(10)2)18-16(21)14-6-7-17-15-9-12(3)19-20(14)15/h4-9H,1-3H3,(H,18,21). The van der Waals surface area contributed by atoms with Crippen LogP contribution in [0.5, 0.6) is 0 Å². The van der Waals surface area contributed by atoms with Crippen molar-refractivity contribution >= 4 is 17.2 Å². The van der Waals surface area contributed by atoms with Gasteiger partial charge in [-0.05, 0) is 50.1 Å². The fraction of sp³-hybridized carbons (Fsp3) is 0.188. The van der Waals surface area contributed by atoms with E-state index >= 15 is 0 Å². The number of aromatic nitrogens is 3. The number of anilines is 1. The van der Waals surface area contributed by atoms with Gasteiger partial charge in [-0.25, -0.2) is 9.50 Å². The SMILES string of the molecule is Cc1cc2nccc(C(=O)Nc3ccc(C)c(C)c3)n2n1. The molecule has 0 saturated heterocycles. The van der Waals surface area contributed by atoms with Gasteiger partial charge in [-0.1, -0.05) is 6.07 Å². The van der Waals surface area contributed by atoms with Crippen molar-refractivity contribution < 1.29 is 4.79 Å². The Morgan fingerprint density at radius 3 is 2.67 bits per heavy atom. The van der Waals surface area contributed by atoms with Crippen LogP contribution in [0.25, 0.3) is 5.65 Å². The Hall–Kier alpha value is -2.69. The molecule has 2 aromatic heterocycles. The van der Waals surface area contributed by atoms with Crippen LogP contribution in [-0.2, 0) is 0 Å². The highest BCUT2D eigenvalue weighted by molar-refractivity contribution is 6.03. The highest BCUT2D eigenvalue weighted by atomic mass is 16.2. The second-order valence-electron chi connectivity index (χ2n) is 5.14. The average molecular weight is 280 g/mol. The molecule has 1 aromatic carbocycles. The largest absolute Gasteiger partial charge is 0.321 e. The minimum Gasteiger partial charge on any atom is -0.321 e. The number of hydrogen-bond donors (Lipinski definition) is 1. The van der Waals surface area contributed by atoms with Crippen molar-refractivity contribution in [3.63, 3.8) is 0 Å². The van der Waals surface area contributed by atoms with Crippen LogP contribution in [0.1, 0.15) is 27.3 Å². The minimum atomic E-state index is -0.200. The Kier molecular flexibility index (Phi) is 3.17. The summed E-state index contributed by atoms with van der Waals surface area (Å²) < 4.78 is 1.56. The van der Waals surface area contributed by atoms with Crippen molar-refractivity contribution in [2.24, 2.45) is 0 Å². The van der Waals surface area contributed by atoms with E-state index in [0.717, 1.165) is 16.9 Å². The molecule has 0 aliphatic heterocycles. The maximum absolute atomic E-state index is 12.4. The molecule has 3 aromatic rings. The van der Waals surface area contributed by atoms with Crippen molar-refractivity contribution in [2.45, 2.75) is 20.8 Å². The van der Waals surface area contributed by atoms with Crippen molar-refractivity contribution in [1.29, 1.82) is 0 Å². The van der Waals surface area contributed by atoms with E-state index < -0.39 is 0 Å². The van der Waals surface area contributed by atoms with Crippen LogP contribution in [0.4, 0.5) is 5.69 Å². The van der Waals surface area contributed by atoms with Gasteiger partial charge in [-0.15, -0.1) is 0 Å². The summed E-state index contributed by atoms with van der Waals surface area (Å²) in [5.74, 6) is -0.200. The number of carbonyl (C=O) groups excluding carboxylic acids is 1. The first-order valence-electron chi connectivity index (χ1n) is 6.74. The minimum absolute atomic E-state index is 0.200. The normalized spacial score (nSPS) is 10.8. The molecule has 0 unspecified atom stereocenters. The molecular formula is C16H16N4O. The molecule has 0 bridgehead atoms. The smallest absolute Gasteiger partial charge is 0.274 e. The lowest BCUT2D eigenvalue weighted by Gasteiger charge is -2.08. The predicted molar refractivity (Wildman–Crippen MR) is 81.6 cm³/mol. The third-order valence-corrected chi connectivity index (χ3v) is 3.48. The van der Waals surface area contributed by atoms with Gasteiger partial charge in [0.05, 0.1) is 5.69 Å². The predicted octanol–water partition coefficient (Wildman–Crippen LogP) is 2.91. The molecule has 1 N–H and O–H groups in total. The summed E-state index contributed by atoms with van der Waals surface area (Å²) in [5, 5.41) is 7.20. The summed E-state index contributed by atoms with van der Waals surface area (Å²) in [4.78, 5) is 16.6. The maximum atomic E-state index is 12.4. The highest BCUT2D eigenvalue weighted by Gasteiger charge is 2.12. The van der Waals surface area contributed by atoms with E-state index in [1.807, 2.05) is 45.0 Å². The van der Waals surface area contributed by atoms with Gasteiger partial charge in [0.25, 0.3) is 5.91 Å². The number of nitrogens with zero attached hydrogens (tertiary/aromatic N) is 3. The van der Waals surface area contributed by atoms with Gasteiger partial charge >= 0.3 is 0 Å². The van der Waals surface area contributed by atoms with Crippen molar-refractivity contribution in [2.75, 3.05) is 5.32 Å². The van der Waals surface area contributed by atoms with Gasteiger partial charge in [0.2, 0.25) is 0 Å². The van der Waals surface area contributed by atoms with Gasteiger partial charge in [0.1, 0.15) is 5.69 Å². The molecule has 3 rings (SSSR count). The summed E-state index contributed by atoms with van der Waals surface area (Å²) in [7, 11) is 0. The molecule has 5 heteroatoms. The number of hydrogen-bond acceptors (Lipinski definition) is 3. The first-order valence-corrected chi connectivity index (χ1v) is 6.74. The first kappa shape index (κ1) is 13.3. The van der Waals surface area contributed by atoms with Crippen molar-refractivity contribution in [3.05, 3.63) is 59.0 Å². The first-order chi connectivity index (χ1) is 10.0. The Bertz CT molecular complexity index is 835. The molecule has 0 saturated carbocycles. The van der Waals surface area contributed by atoms with E-state index in [-0.39, 0.29) is 5.91 Å². The monoisotopic (exact) mass is 280 g/mol. The third-order valence-electron chi connectivity index (χ3n) is 3.48. The van der Waals surface area contributed by atoms with E-state index in [0.29, 0.717) is 11.3 Å². The molecule has 0 aliphatic carbocycles. The number of benzene rings is 1. The average Bonchev–Trinajstić information content (AvgIpc) is 2.82. The molecular weight excluding hydrogens is 264 g/mol. The van der Waals surface area contributed by atoms with E-state index in [9.17, 15) is 4.79 Å². The number of fused-ring (bicyclic) bond motifs is 1. The van der Waals surface area contributed by atoms with Crippen LogP contribution in [-0.4, -0.2) is 20.5 Å². The number of aryl methyl sites for hydroxylation is 3. The molecule has 21 heavy (non-hydrogen) atoms. The number of carbonyl (C=O) groups is 1. The van der Waals surface area contributed by atoms with Crippen LogP contribution in [0, 0.1) is 20.8 Å². The van der Waals surface area contributed by atoms with Gasteiger partial charge < -0.3 is 5.32 Å². The Morgan fingerprint density at radius 2 is 1.90 bits per heavy atom. The number of amides is 1. The van der Waals surface area contributed by atoms with Crippen LogP contribution < -0.4 is 5.32 Å². The molecule has 0 aliphatic rings. The molecule has 0 fully saturated rings. The summed E-state index contributed by atoms with van der Waals surface area (Å²) in [6.45, 7) is 5.94. The zero-order chi connectivity index (χ0) is 15.0. The molecule has 106 valence electrons. The van der Waals surface area contributed by atoms with Crippen LogP contribution in [0.15, 0.2) is 36.5 Å².